The Hall–Kier alpha value is -1.95. The number of aliphatic hydroxyl groups is 5. The van der Waals surface area contributed by atoms with Crippen molar-refractivity contribution in [2.75, 3.05) is 6.61 Å². The first-order valence-corrected chi connectivity index (χ1v) is 7.88. The summed E-state index contributed by atoms with van der Waals surface area (Å²) in [5, 5.41) is 63.8. The minimum absolute atomic E-state index is 0.0619. The first-order chi connectivity index (χ1) is 12.2. The summed E-state index contributed by atoms with van der Waals surface area (Å²) in [4.78, 5) is 9.68. The van der Waals surface area contributed by atoms with E-state index < -0.39 is 49.4 Å². The maximum absolute atomic E-state index is 9.75. The van der Waals surface area contributed by atoms with E-state index in [9.17, 15) is 25.2 Å². The molecule has 0 saturated carbocycles. The lowest BCUT2D eigenvalue weighted by molar-refractivity contribution is -0.277. The highest BCUT2D eigenvalue weighted by Gasteiger charge is 2.44. The van der Waals surface area contributed by atoms with Gasteiger partial charge in [0.15, 0.2) is 17.6 Å². The van der Waals surface area contributed by atoms with Crippen molar-refractivity contribution in [2.24, 2.45) is 0 Å². The number of aliphatic carboxylic acids is 1. The van der Waals surface area contributed by atoms with E-state index in [0.717, 1.165) is 0 Å². The van der Waals surface area contributed by atoms with E-state index >= 15 is 0 Å². The summed E-state index contributed by atoms with van der Waals surface area (Å²) < 4.78 is 10.4. The Morgan fingerprint density at radius 2 is 1.81 bits per heavy atom. The number of benzene rings is 1. The van der Waals surface area contributed by atoms with Gasteiger partial charge in [-0.15, -0.1) is 0 Å². The molecule has 0 amide bonds. The minimum atomic E-state index is -1.51. The Kier molecular flexibility index (Phi) is 8.72. The Labute approximate surface area is 149 Å². The highest BCUT2D eigenvalue weighted by atomic mass is 16.7. The van der Waals surface area contributed by atoms with Crippen LogP contribution in [0.2, 0.25) is 0 Å². The van der Waals surface area contributed by atoms with Gasteiger partial charge in [0.05, 0.1) is 6.61 Å². The summed E-state index contributed by atoms with van der Waals surface area (Å²) in [6.07, 6.45) is -7.71. The van der Waals surface area contributed by atoms with Crippen molar-refractivity contribution in [1.29, 1.82) is 0 Å². The van der Waals surface area contributed by atoms with Crippen molar-refractivity contribution >= 4 is 5.97 Å². The van der Waals surface area contributed by atoms with Crippen LogP contribution in [0.25, 0.3) is 0 Å². The van der Waals surface area contributed by atoms with Gasteiger partial charge in [-0.3, -0.25) is 0 Å². The topological polar surface area (TPSA) is 177 Å². The molecule has 2 rings (SSSR count). The first-order valence-electron chi connectivity index (χ1n) is 7.88. The van der Waals surface area contributed by atoms with E-state index in [-0.39, 0.29) is 17.9 Å². The average molecular weight is 376 g/mol. The first kappa shape index (κ1) is 22.1. The molecule has 148 valence electrons. The number of hydrogen-bond acceptors (Lipinski definition) is 9. The maximum atomic E-state index is 9.75. The Bertz CT molecular complexity index is 564. The van der Waals surface area contributed by atoms with Crippen LogP contribution in [0.3, 0.4) is 0 Å². The van der Waals surface area contributed by atoms with Gasteiger partial charge in [-0.2, -0.15) is 0 Å². The van der Waals surface area contributed by atoms with Crippen molar-refractivity contribution in [3.63, 3.8) is 0 Å². The Morgan fingerprint density at radius 1 is 1.19 bits per heavy atom. The molecule has 0 aromatic heterocycles. The zero-order valence-corrected chi connectivity index (χ0v) is 14.0. The zero-order chi connectivity index (χ0) is 19.9. The molecule has 1 fully saturated rings. The van der Waals surface area contributed by atoms with Gasteiger partial charge in [0.1, 0.15) is 24.4 Å². The van der Waals surface area contributed by atoms with Crippen molar-refractivity contribution in [2.45, 2.75) is 50.2 Å². The predicted octanol–water partition coefficient (Wildman–Crippen LogP) is -1.59. The third kappa shape index (κ3) is 5.80. The van der Waals surface area contributed by atoms with Crippen LogP contribution < -0.4 is 4.74 Å². The molecular formula is C16H24O10. The van der Waals surface area contributed by atoms with E-state index in [0.29, 0.717) is 0 Å². The number of aromatic hydroxyl groups is 1. The van der Waals surface area contributed by atoms with Crippen LogP contribution in [-0.4, -0.2) is 85.1 Å². The fourth-order valence-electron chi connectivity index (χ4n) is 2.02. The minimum Gasteiger partial charge on any atom is -0.504 e. The molecule has 10 heteroatoms. The Balaban J connectivity index is 0.000000412. The van der Waals surface area contributed by atoms with Crippen LogP contribution in [0.4, 0.5) is 0 Å². The molecule has 1 aromatic rings. The van der Waals surface area contributed by atoms with Crippen LogP contribution in [0.15, 0.2) is 24.3 Å². The zero-order valence-electron chi connectivity index (χ0n) is 14.0. The lowest BCUT2D eigenvalue weighted by Crippen LogP contribution is -2.60. The normalized spacial score (nSPS) is 29.2. The largest absolute Gasteiger partial charge is 0.504 e. The number of rotatable bonds is 5. The second-order valence-corrected chi connectivity index (χ2v) is 5.55. The standard InChI is InChI=1S/C12H16O7.C4H8O3/c13-5-8-9(15)10(16)11(17)12(19-8)18-7-4-2-1-3-6(7)14;1-2-3(5)4(6)7/h1-4,8-17H,5H2;3,5H,2H2,1H3,(H,6,7)/t8-,9-,10+,11-,12-;3-/m11/s1. The smallest absolute Gasteiger partial charge is 0.332 e. The molecular weight excluding hydrogens is 352 g/mol. The summed E-state index contributed by atoms with van der Waals surface area (Å²) >= 11 is 0. The van der Waals surface area contributed by atoms with Crippen LogP contribution in [0.1, 0.15) is 13.3 Å². The van der Waals surface area contributed by atoms with Gasteiger partial charge in [-0.05, 0) is 18.6 Å². The third-order valence-corrected chi connectivity index (χ3v) is 3.63. The van der Waals surface area contributed by atoms with Crippen LogP contribution in [-0.2, 0) is 9.53 Å². The van der Waals surface area contributed by atoms with Crippen molar-refractivity contribution in [3.05, 3.63) is 24.3 Å². The molecule has 7 N–H and O–H groups in total. The fourth-order valence-corrected chi connectivity index (χ4v) is 2.02. The fraction of sp³-hybridized carbons (Fsp3) is 0.562. The van der Waals surface area contributed by atoms with E-state index in [4.69, 9.17) is 24.8 Å². The number of ether oxygens (including phenoxy) is 2. The number of phenols is 1. The molecule has 1 aromatic carbocycles. The monoisotopic (exact) mass is 376 g/mol. The van der Waals surface area contributed by atoms with Gasteiger partial charge in [0.2, 0.25) is 6.29 Å². The van der Waals surface area contributed by atoms with Gasteiger partial charge in [-0.1, -0.05) is 19.1 Å². The van der Waals surface area contributed by atoms with Crippen LogP contribution >= 0.6 is 0 Å². The highest BCUT2D eigenvalue weighted by molar-refractivity contribution is 5.71. The van der Waals surface area contributed by atoms with Gasteiger partial charge >= 0.3 is 5.97 Å². The number of phenolic OH excluding ortho intramolecular Hbond substituents is 1. The molecule has 1 saturated heterocycles. The van der Waals surface area contributed by atoms with E-state index in [1.165, 1.54) is 12.1 Å². The van der Waals surface area contributed by atoms with Gasteiger partial charge in [0.25, 0.3) is 0 Å². The number of carboxylic acid groups (broad SMARTS) is 1. The van der Waals surface area contributed by atoms with Crippen molar-refractivity contribution in [1.82, 2.24) is 0 Å². The van der Waals surface area contributed by atoms with Crippen molar-refractivity contribution < 1.29 is 50.0 Å². The van der Waals surface area contributed by atoms with Gasteiger partial charge < -0.3 is 45.2 Å². The second kappa shape index (κ2) is 10.3. The van der Waals surface area contributed by atoms with Crippen LogP contribution in [0, 0.1) is 0 Å². The Morgan fingerprint density at radius 3 is 2.27 bits per heavy atom. The summed E-state index contributed by atoms with van der Waals surface area (Å²) in [5.41, 5.74) is 0. The lowest BCUT2D eigenvalue weighted by atomic mass is 9.99. The number of aliphatic hydroxyl groups excluding tert-OH is 5. The molecule has 1 heterocycles. The molecule has 0 bridgehead atoms. The van der Waals surface area contributed by atoms with Crippen molar-refractivity contribution in [3.8, 4) is 11.5 Å². The molecule has 0 radical (unpaired) electrons. The highest BCUT2D eigenvalue weighted by Crippen LogP contribution is 2.29. The lowest BCUT2D eigenvalue weighted by Gasteiger charge is -2.39. The van der Waals surface area contributed by atoms with E-state index in [1.807, 2.05) is 0 Å². The molecule has 26 heavy (non-hydrogen) atoms. The quantitative estimate of drug-likeness (QED) is 0.317. The molecule has 10 nitrogen and oxygen atoms in total. The van der Waals surface area contributed by atoms with E-state index in [1.54, 1.807) is 19.1 Å². The van der Waals surface area contributed by atoms with Crippen LogP contribution in [0.5, 0.6) is 11.5 Å². The SMILES string of the molecule is CC[C@@H](O)C(=O)O.OC[C@H]1O[C@@H](Oc2ccccc2O)[C@H](O)[C@@H](O)[C@@H]1O. The predicted molar refractivity (Wildman–Crippen MR) is 86.4 cm³/mol. The molecule has 0 aliphatic carbocycles. The summed E-state index contributed by atoms with van der Waals surface area (Å²) in [5.74, 6) is -1.24. The number of para-hydroxylation sites is 2. The number of carbonyl (C=O) groups is 1. The number of carboxylic acids is 1. The third-order valence-electron chi connectivity index (χ3n) is 3.63. The maximum Gasteiger partial charge on any atom is 0.332 e. The molecule has 1 aliphatic rings. The second-order valence-electron chi connectivity index (χ2n) is 5.55. The number of hydrogen-bond donors (Lipinski definition) is 7. The van der Waals surface area contributed by atoms with Gasteiger partial charge in [0, 0.05) is 0 Å². The van der Waals surface area contributed by atoms with Gasteiger partial charge in [-0.25, -0.2) is 4.79 Å². The molecule has 0 spiro atoms. The summed E-state index contributed by atoms with van der Waals surface area (Å²) in [6, 6.07) is 6.05. The summed E-state index contributed by atoms with van der Waals surface area (Å²) in [6.45, 7) is 1.07. The average Bonchev–Trinajstić information content (AvgIpc) is 2.63. The summed E-state index contributed by atoms with van der Waals surface area (Å²) in [7, 11) is 0. The van der Waals surface area contributed by atoms with E-state index in [2.05, 4.69) is 0 Å². The molecule has 0 unspecified atom stereocenters. The molecule has 6 atom stereocenters. The molecule has 1 aliphatic heterocycles.